The van der Waals surface area contributed by atoms with Crippen molar-refractivity contribution in [3.8, 4) is 11.6 Å². The highest BCUT2D eigenvalue weighted by Gasteiger charge is 2.17. The molecule has 0 radical (unpaired) electrons. The molecule has 24 heavy (non-hydrogen) atoms. The van der Waals surface area contributed by atoms with Crippen LogP contribution < -0.4 is 11.2 Å². The van der Waals surface area contributed by atoms with Crippen LogP contribution in [0, 0.1) is 0 Å². The van der Waals surface area contributed by atoms with Gasteiger partial charge < -0.3 is 15.6 Å². The minimum absolute atomic E-state index is 0.0214. The Bertz CT molecular complexity index is 647. The van der Waals surface area contributed by atoms with Gasteiger partial charge in [0.15, 0.2) is 5.76 Å². The maximum absolute atomic E-state index is 12.2. The molecule has 0 saturated heterocycles. The number of rotatable bonds is 5. The molecular formula is C16H23N5O2S. The molecule has 130 valence electrons. The maximum atomic E-state index is 12.2. The smallest absolute Gasteiger partial charge is 0.230 e. The van der Waals surface area contributed by atoms with Crippen molar-refractivity contribution in [2.45, 2.75) is 56.1 Å². The first kappa shape index (κ1) is 16.9. The summed E-state index contributed by atoms with van der Waals surface area (Å²) in [6.45, 7) is 0. The first-order chi connectivity index (χ1) is 11.7. The van der Waals surface area contributed by atoms with E-state index in [2.05, 4.69) is 15.5 Å². The third-order valence-corrected chi connectivity index (χ3v) is 5.15. The number of aromatic nitrogens is 3. The molecule has 1 fully saturated rings. The summed E-state index contributed by atoms with van der Waals surface area (Å²) in [5, 5.41) is 11.7. The molecule has 0 bridgehead atoms. The Kier molecular flexibility index (Phi) is 5.79. The van der Waals surface area contributed by atoms with Gasteiger partial charge >= 0.3 is 0 Å². The molecule has 0 spiro atoms. The summed E-state index contributed by atoms with van der Waals surface area (Å²) in [6, 6.07) is 3.83. The van der Waals surface area contributed by atoms with E-state index in [-0.39, 0.29) is 11.7 Å². The molecule has 1 amide bonds. The zero-order valence-electron chi connectivity index (χ0n) is 13.6. The molecule has 8 heteroatoms. The monoisotopic (exact) mass is 349 g/mol. The Morgan fingerprint density at radius 2 is 2.04 bits per heavy atom. The summed E-state index contributed by atoms with van der Waals surface area (Å²) in [4.78, 5) is 12.2. The van der Waals surface area contributed by atoms with Crippen molar-refractivity contribution in [1.82, 2.24) is 20.2 Å². The molecule has 1 aliphatic rings. The largest absolute Gasteiger partial charge is 0.461 e. The molecule has 3 rings (SSSR count). The molecular weight excluding hydrogens is 326 g/mol. The van der Waals surface area contributed by atoms with Crippen LogP contribution in [0.4, 0.5) is 0 Å². The topological polar surface area (TPSA) is 99.0 Å². The molecule has 0 atom stereocenters. The van der Waals surface area contributed by atoms with Gasteiger partial charge in [-0.3, -0.25) is 4.79 Å². The van der Waals surface area contributed by atoms with Crippen LogP contribution in [0.2, 0.25) is 0 Å². The number of hydrogen-bond donors (Lipinski definition) is 2. The fourth-order valence-corrected chi connectivity index (χ4v) is 3.62. The lowest BCUT2D eigenvalue weighted by atomic mass is 9.97. The van der Waals surface area contributed by atoms with Crippen LogP contribution in [-0.2, 0) is 4.79 Å². The van der Waals surface area contributed by atoms with Crippen LogP contribution in [0.25, 0.3) is 11.6 Å². The summed E-state index contributed by atoms with van der Waals surface area (Å²) >= 11 is 1.28. The molecule has 0 aliphatic heterocycles. The van der Waals surface area contributed by atoms with Crippen molar-refractivity contribution < 1.29 is 9.21 Å². The summed E-state index contributed by atoms with van der Waals surface area (Å²) < 4.78 is 6.62. The molecule has 2 aromatic heterocycles. The Hall–Kier alpha value is -1.96. The van der Waals surface area contributed by atoms with Crippen molar-refractivity contribution in [1.29, 1.82) is 0 Å². The molecule has 1 aliphatic carbocycles. The maximum Gasteiger partial charge on any atom is 0.230 e. The van der Waals surface area contributed by atoms with Crippen LogP contribution in [0.5, 0.6) is 0 Å². The Morgan fingerprint density at radius 1 is 1.29 bits per heavy atom. The van der Waals surface area contributed by atoms with Crippen LogP contribution in [-0.4, -0.2) is 32.6 Å². The molecule has 0 aromatic carbocycles. The van der Waals surface area contributed by atoms with Crippen LogP contribution in [0.3, 0.4) is 0 Å². The molecule has 0 unspecified atom stereocenters. The second-order valence-electron chi connectivity index (χ2n) is 6.05. The van der Waals surface area contributed by atoms with Gasteiger partial charge in [0.25, 0.3) is 0 Å². The summed E-state index contributed by atoms with van der Waals surface area (Å²) in [7, 11) is 0. The van der Waals surface area contributed by atoms with Gasteiger partial charge in [0.05, 0.1) is 12.0 Å². The van der Waals surface area contributed by atoms with Gasteiger partial charge in [-0.15, -0.1) is 10.2 Å². The molecule has 2 aromatic rings. The first-order valence-electron chi connectivity index (χ1n) is 8.40. The number of carbonyl (C=O) groups excluding carboxylic acids is 1. The Labute approximate surface area is 145 Å². The Morgan fingerprint density at radius 3 is 2.75 bits per heavy atom. The second kappa shape index (κ2) is 8.23. The fraction of sp³-hybridized carbons (Fsp3) is 0.562. The molecule has 1 saturated carbocycles. The van der Waals surface area contributed by atoms with E-state index in [0.717, 1.165) is 12.8 Å². The molecule has 3 N–H and O–H groups in total. The lowest BCUT2D eigenvalue weighted by molar-refractivity contribution is -0.119. The highest BCUT2D eigenvalue weighted by molar-refractivity contribution is 7.99. The molecule has 7 nitrogen and oxygen atoms in total. The normalized spacial score (nSPS) is 16.5. The van der Waals surface area contributed by atoms with Crippen molar-refractivity contribution >= 4 is 17.7 Å². The van der Waals surface area contributed by atoms with E-state index in [1.54, 1.807) is 18.4 Å². The van der Waals surface area contributed by atoms with E-state index >= 15 is 0 Å². The summed E-state index contributed by atoms with van der Waals surface area (Å²) in [6.07, 6.45) is 9.96. The van der Waals surface area contributed by atoms with E-state index in [0.29, 0.717) is 22.8 Å². The third-order valence-electron chi connectivity index (χ3n) is 4.21. The highest BCUT2D eigenvalue weighted by Crippen LogP contribution is 2.22. The van der Waals surface area contributed by atoms with Gasteiger partial charge in [-0.1, -0.05) is 43.9 Å². The summed E-state index contributed by atoms with van der Waals surface area (Å²) in [5.41, 5.74) is 0. The van der Waals surface area contributed by atoms with E-state index in [1.165, 1.54) is 48.5 Å². The number of carbonyl (C=O) groups is 1. The van der Waals surface area contributed by atoms with E-state index in [1.807, 2.05) is 0 Å². The average Bonchev–Trinajstić information content (AvgIpc) is 3.17. The SMILES string of the molecule is Nn1c(SCC(=O)NC2CCCCCCC2)nnc1-c1ccco1. The second-order valence-corrected chi connectivity index (χ2v) is 6.99. The predicted molar refractivity (Wildman–Crippen MR) is 92.8 cm³/mol. The van der Waals surface area contributed by atoms with E-state index in [9.17, 15) is 4.79 Å². The van der Waals surface area contributed by atoms with Crippen molar-refractivity contribution in [3.05, 3.63) is 18.4 Å². The standard InChI is InChI=1S/C16H23N5O2S/c17-21-15(13-9-6-10-23-13)19-20-16(21)24-11-14(22)18-12-7-4-2-1-3-5-8-12/h6,9-10,12H,1-5,7-8,11,17H2,(H,18,22). The van der Waals surface area contributed by atoms with Gasteiger partial charge in [-0.25, -0.2) is 4.68 Å². The number of nitrogens with two attached hydrogens (primary N) is 1. The van der Waals surface area contributed by atoms with E-state index in [4.69, 9.17) is 10.3 Å². The van der Waals surface area contributed by atoms with E-state index < -0.39 is 0 Å². The minimum Gasteiger partial charge on any atom is -0.461 e. The molecule has 2 heterocycles. The number of thioether (sulfide) groups is 1. The quantitative estimate of drug-likeness (QED) is 0.636. The van der Waals surface area contributed by atoms with Crippen LogP contribution in [0.15, 0.2) is 28.0 Å². The van der Waals surface area contributed by atoms with Gasteiger partial charge in [-0.2, -0.15) is 0 Å². The number of furan rings is 1. The van der Waals surface area contributed by atoms with Gasteiger partial charge in [0.1, 0.15) is 0 Å². The number of hydrogen-bond acceptors (Lipinski definition) is 6. The average molecular weight is 349 g/mol. The number of nitrogens with zero attached hydrogens (tertiary/aromatic N) is 3. The van der Waals surface area contributed by atoms with Crippen molar-refractivity contribution in [3.63, 3.8) is 0 Å². The van der Waals surface area contributed by atoms with Gasteiger partial charge in [0, 0.05) is 6.04 Å². The van der Waals surface area contributed by atoms with Gasteiger partial charge in [-0.05, 0) is 25.0 Å². The first-order valence-corrected chi connectivity index (χ1v) is 9.39. The zero-order valence-corrected chi connectivity index (χ0v) is 14.4. The summed E-state index contributed by atoms with van der Waals surface area (Å²) in [5.74, 6) is 7.28. The van der Waals surface area contributed by atoms with Crippen LogP contribution in [0.1, 0.15) is 44.9 Å². The highest BCUT2D eigenvalue weighted by atomic mass is 32.2. The fourth-order valence-electron chi connectivity index (χ4n) is 2.95. The third kappa shape index (κ3) is 4.31. The Balaban J connectivity index is 1.51. The van der Waals surface area contributed by atoms with Crippen molar-refractivity contribution in [2.24, 2.45) is 0 Å². The number of nitrogens with one attached hydrogen (secondary N) is 1. The lowest BCUT2D eigenvalue weighted by Gasteiger charge is -2.20. The van der Waals surface area contributed by atoms with Gasteiger partial charge in [0.2, 0.25) is 16.9 Å². The predicted octanol–water partition coefficient (Wildman–Crippen LogP) is 2.57. The number of nitrogen functional groups attached to an aromatic ring is 1. The zero-order chi connectivity index (χ0) is 16.8. The minimum atomic E-state index is 0.0214. The van der Waals surface area contributed by atoms with Crippen molar-refractivity contribution in [2.75, 3.05) is 11.6 Å². The lowest BCUT2D eigenvalue weighted by Crippen LogP contribution is -2.36. The van der Waals surface area contributed by atoms with Crippen LogP contribution >= 0.6 is 11.8 Å². The number of amides is 1.